The molecule has 86 valence electrons. The number of amides is 3. The highest BCUT2D eigenvalue weighted by atomic mass is 16.2. The molecule has 1 fully saturated rings. The standard InChI is InChI=1S/C11H20N2O2/c1-3-5-6-13-10(14)7-9(4-2)8-12-11(13)15/h9H,3-8H2,1-2H3,(H,12,15). The Morgan fingerprint density at radius 1 is 1.40 bits per heavy atom. The Morgan fingerprint density at radius 2 is 2.13 bits per heavy atom. The first-order valence-electron chi connectivity index (χ1n) is 5.77. The van der Waals surface area contributed by atoms with E-state index in [1.54, 1.807) is 0 Å². The topological polar surface area (TPSA) is 49.4 Å². The van der Waals surface area contributed by atoms with Crippen molar-refractivity contribution in [3.63, 3.8) is 0 Å². The van der Waals surface area contributed by atoms with Gasteiger partial charge in [0, 0.05) is 19.5 Å². The van der Waals surface area contributed by atoms with Crippen LogP contribution in [0.25, 0.3) is 0 Å². The number of urea groups is 1. The molecule has 0 spiro atoms. The molecule has 4 nitrogen and oxygen atoms in total. The zero-order valence-electron chi connectivity index (χ0n) is 9.58. The molecule has 1 unspecified atom stereocenters. The van der Waals surface area contributed by atoms with E-state index in [9.17, 15) is 9.59 Å². The molecule has 4 heteroatoms. The Bertz CT molecular complexity index is 241. The minimum atomic E-state index is -0.218. The largest absolute Gasteiger partial charge is 0.337 e. The lowest BCUT2D eigenvalue weighted by Gasteiger charge is -2.17. The number of nitrogens with one attached hydrogen (secondary N) is 1. The maximum absolute atomic E-state index is 11.8. The molecular formula is C11H20N2O2. The third-order valence-corrected chi connectivity index (χ3v) is 2.86. The van der Waals surface area contributed by atoms with Crippen molar-refractivity contribution in [2.75, 3.05) is 13.1 Å². The highest BCUT2D eigenvalue weighted by Crippen LogP contribution is 2.13. The summed E-state index contributed by atoms with van der Waals surface area (Å²) in [7, 11) is 0. The molecular weight excluding hydrogens is 192 g/mol. The summed E-state index contributed by atoms with van der Waals surface area (Å²) < 4.78 is 0. The molecule has 1 rings (SSSR count). The van der Waals surface area contributed by atoms with E-state index in [-0.39, 0.29) is 11.9 Å². The van der Waals surface area contributed by atoms with Crippen LogP contribution in [0.15, 0.2) is 0 Å². The van der Waals surface area contributed by atoms with Crippen molar-refractivity contribution in [1.82, 2.24) is 10.2 Å². The van der Waals surface area contributed by atoms with E-state index in [1.165, 1.54) is 4.90 Å². The lowest BCUT2D eigenvalue weighted by Crippen LogP contribution is -2.41. The van der Waals surface area contributed by atoms with Gasteiger partial charge >= 0.3 is 6.03 Å². The highest BCUT2D eigenvalue weighted by Gasteiger charge is 2.27. The predicted molar refractivity (Wildman–Crippen MR) is 58.4 cm³/mol. The molecule has 0 aliphatic carbocycles. The number of hydrogen-bond donors (Lipinski definition) is 1. The van der Waals surface area contributed by atoms with Gasteiger partial charge in [-0.2, -0.15) is 0 Å². The quantitative estimate of drug-likeness (QED) is 0.772. The minimum Gasteiger partial charge on any atom is -0.337 e. The van der Waals surface area contributed by atoms with Crippen molar-refractivity contribution in [2.24, 2.45) is 5.92 Å². The predicted octanol–water partition coefficient (Wildman–Crippen LogP) is 1.75. The van der Waals surface area contributed by atoms with E-state index in [4.69, 9.17) is 0 Å². The highest BCUT2D eigenvalue weighted by molar-refractivity contribution is 5.95. The zero-order valence-corrected chi connectivity index (χ0v) is 9.58. The number of imide groups is 1. The van der Waals surface area contributed by atoms with E-state index in [0.29, 0.717) is 25.4 Å². The fourth-order valence-corrected chi connectivity index (χ4v) is 1.70. The van der Waals surface area contributed by atoms with Crippen molar-refractivity contribution in [2.45, 2.75) is 39.5 Å². The van der Waals surface area contributed by atoms with E-state index in [1.807, 2.05) is 6.92 Å². The van der Waals surface area contributed by atoms with E-state index in [2.05, 4.69) is 12.2 Å². The Morgan fingerprint density at radius 3 is 2.73 bits per heavy atom. The van der Waals surface area contributed by atoms with Crippen molar-refractivity contribution in [3.05, 3.63) is 0 Å². The number of nitrogens with zero attached hydrogens (tertiary/aromatic N) is 1. The summed E-state index contributed by atoms with van der Waals surface area (Å²) in [5, 5.41) is 2.80. The van der Waals surface area contributed by atoms with Gasteiger partial charge in [0.05, 0.1) is 0 Å². The average molecular weight is 212 g/mol. The molecule has 3 amide bonds. The van der Waals surface area contributed by atoms with Gasteiger partial charge in [0.25, 0.3) is 0 Å². The van der Waals surface area contributed by atoms with Gasteiger partial charge in [0.2, 0.25) is 5.91 Å². The van der Waals surface area contributed by atoms with Crippen LogP contribution in [0.2, 0.25) is 0 Å². The van der Waals surface area contributed by atoms with Gasteiger partial charge in [0.15, 0.2) is 0 Å². The molecule has 0 radical (unpaired) electrons. The van der Waals surface area contributed by atoms with Gasteiger partial charge in [-0.05, 0) is 12.3 Å². The van der Waals surface area contributed by atoms with Gasteiger partial charge in [0.1, 0.15) is 0 Å². The Hall–Kier alpha value is -1.06. The van der Waals surface area contributed by atoms with Crippen molar-refractivity contribution >= 4 is 11.9 Å². The van der Waals surface area contributed by atoms with Crippen LogP contribution in [-0.4, -0.2) is 29.9 Å². The lowest BCUT2D eigenvalue weighted by atomic mass is 10.0. The molecule has 1 saturated heterocycles. The van der Waals surface area contributed by atoms with Crippen molar-refractivity contribution in [1.29, 1.82) is 0 Å². The SMILES string of the molecule is CCCCN1C(=O)CC(CC)CNC1=O. The molecule has 1 aliphatic rings. The molecule has 1 atom stereocenters. The van der Waals surface area contributed by atoms with Crippen LogP contribution in [0.1, 0.15) is 39.5 Å². The average Bonchev–Trinajstić information content (AvgIpc) is 2.36. The van der Waals surface area contributed by atoms with Crippen LogP contribution >= 0.6 is 0 Å². The number of rotatable bonds is 4. The third kappa shape index (κ3) is 3.22. The van der Waals surface area contributed by atoms with Crippen LogP contribution in [0.4, 0.5) is 4.79 Å². The Kier molecular flexibility index (Phi) is 4.59. The van der Waals surface area contributed by atoms with E-state index < -0.39 is 0 Å². The van der Waals surface area contributed by atoms with E-state index in [0.717, 1.165) is 19.3 Å². The van der Waals surface area contributed by atoms with Gasteiger partial charge in [-0.3, -0.25) is 9.69 Å². The Labute approximate surface area is 91.0 Å². The first-order chi connectivity index (χ1) is 7.19. The summed E-state index contributed by atoms with van der Waals surface area (Å²) in [6.45, 7) is 5.28. The van der Waals surface area contributed by atoms with Crippen LogP contribution < -0.4 is 5.32 Å². The molecule has 1 aliphatic heterocycles. The van der Waals surface area contributed by atoms with Gasteiger partial charge in [-0.15, -0.1) is 0 Å². The summed E-state index contributed by atoms with van der Waals surface area (Å²) in [4.78, 5) is 24.7. The Balaban J connectivity index is 2.60. The fraction of sp³-hybridized carbons (Fsp3) is 0.818. The third-order valence-electron chi connectivity index (χ3n) is 2.86. The second kappa shape index (κ2) is 5.73. The van der Waals surface area contributed by atoms with Crippen molar-refractivity contribution < 1.29 is 9.59 Å². The number of carbonyl (C=O) groups is 2. The number of hydrogen-bond acceptors (Lipinski definition) is 2. The molecule has 0 aromatic heterocycles. The fourth-order valence-electron chi connectivity index (χ4n) is 1.70. The summed E-state index contributed by atoms with van der Waals surface area (Å²) in [5.74, 6) is 0.276. The normalized spacial score (nSPS) is 22.5. The molecule has 0 aromatic rings. The zero-order chi connectivity index (χ0) is 11.3. The number of carbonyl (C=O) groups excluding carboxylic acids is 2. The second-order valence-corrected chi connectivity index (χ2v) is 4.06. The molecule has 0 aromatic carbocycles. The lowest BCUT2D eigenvalue weighted by molar-refractivity contribution is -0.128. The summed E-state index contributed by atoms with van der Waals surface area (Å²) in [5.41, 5.74) is 0. The maximum Gasteiger partial charge on any atom is 0.324 e. The molecule has 0 saturated carbocycles. The van der Waals surface area contributed by atoms with E-state index >= 15 is 0 Å². The smallest absolute Gasteiger partial charge is 0.324 e. The monoisotopic (exact) mass is 212 g/mol. The summed E-state index contributed by atoms with van der Waals surface area (Å²) in [6.07, 6.45) is 3.32. The van der Waals surface area contributed by atoms with Gasteiger partial charge in [-0.25, -0.2) is 4.79 Å². The van der Waals surface area contributed by atoms with Gasteiger partial charge in [-0.1, -0.05) is 26.7 Å². The van der Waals surface area contributed by atoms with Gasteiger partial charge < -0.3 is 5.32 Å². The minimum absolute atomic E-state index is 0.0229. The summed E-state index contributed by atoms with van der Waals surface area (Å²) in [6, 6.07) is -0.218. The van der Waals surface area contributed by atoms with Crippen LogP contribution in [0, 0.1) is 5.92 Å². The molecule has 1 N–H and O–H groups in total. The molecule has 15 heavy (non-hydrogen) atoms. The van der Waals surface area contributed by atoms with Crippen LogP contribution in [0.3, 0.4) is 0 Å². The first kappa shape index (κ1) is 12.0. The van der Waals surface area contributed by atoms with Crippen LogP contribution in [0.5, 0.6) is 0 Å². The maximum atomic E-state index is 11.8. The number of unbranched alkanes of at least 4 members (excludes halogenated alkanes) is 1. The molecule has 0 bridgehead atoms. The second-order valence-electron chi connectivity index (χ2n) is 4.06. The molecule has 1 heterocycles. The van der Waals surface area contributed by atoms with Crippen LogP contribution in [-0.2, 0) is 4.79 Å². The summed E-state index contributed by atoms with van der Waals surface area (Å²) >= 11 is 0. The first-order valence-corrected chi connectivity index (χ1v) is 5.77. The van der Waals surface area contributed by atoms with Crippen molar-refractivity contribution in [3.8, 4) is 0 Å².